The number of hydrogen-bond donors (Lipinski definition) is 2. The van der Waals surface area contributed by atoms with E-state index in [1.807, 2.05) is 44.4 Å². The third-order valence-electron chi connectivity index (χ3n) is 6.50. The van der Waals surface area contributed by atoms with Crippen LogP contribution >= 0.6 is 0 Å². The minimum atomic E-state index is -0.807. The molecule has 1 saturated heterocycles. The molecule has 0 spiro atoms. The maximum Gasteiger partial charge on any atom is 0.295 e. The number of likely N-dealkylation sites (tertiary alicyclic amines) is 1. The monoisotopic (exact) mass is 500 g/mol. The first-order valence-corrected chi connectivity index (χ1v) is 12.4. The number of ketones is 1. The second kappa shape index (κ2) is 11.3. The van der Waals surface area contributed by atoms with Crippen molar-refractivity contribution in [2.45, 2.75) is 26.0 Å². The van der Waals surface area contributed by atoms with Gasteiger partial charge in [-0.25, -0.2) is 0 Å². The molecule has 0 aromatic heterocycles. The Balaban J connectivity index is 1.68. The highest BCUT2D eigenvalue weighted by Crippen LogP contribution is 2.39. The molecule has 192 valence electrons. The number of amides is 1. The Bertz CT molecular complexity index is 1300. The normalized spacial score (nSPS) is 17.0. The first-order valence-electron chi connectivity index (χ1n) is 12.4. The van der Waals surface area contributed by atoms with Gasteiger partial charge in [0, 0.05) is 18.5 Å². The summed E-state index contributed by atoms with van der Waals surface area (Å²) in [5.41, 5.74) is 2.58. The maximum atomic E-state index is 13.8. The van der Waals surface area contributed by atoms with E-state index in [0.29, 0.717) is 42.0 Å². The molecule has 0 saturated carbocycles. The van der Waals surface area contributed by atoms with Gasteiger partial charge in [0.1, 0.15) is 18.1 Å². The largest absolute Gasteiger partial charge is 0.872 e. The maximum absolute atomic E-state index is 13.8. The molecule has 1 unspecified atom stereocenters. The number of phenolic OH excluding ortho intramolecular Hbond substituents is 1. The molecule has 1 aliphatic heterocycles. The Kier molecular flexibility index (Phi) is 7.94. The van der Waals surface area contributed by atoms with Crippen molar-refractivity contribution < 1.29 is 29.4 Å². The van der Waals surface area contributed by atoms with E-state index in [1.54, 1.807) is 37.3 Å². The van der Waals surface area contributed by atoms with Gasteiger partial charge in [-0.3, -0.25) is 9.59 Å². The molecule has 4 rings (SSSR count). The first-order chi connectivity index (χ1) is 17.8. The van der Waals surface area contributed by atoms with E-state index in [-0.39, 0.29) is 11.3 Å². The van der Waals surface area contributed by atoms with Crippen LogP contribution in [0.1, 0.15) is 34.7 Å². The molecule has 7 nitrogen and oxygen atoms in total. The lowest BCUT2D eigenvalue weighted by atomic mass is 9.93. The highest BCUT2D eigenvalue weighted by Gasteiger charge is 2.44. The lowest BCUT2D eigenvalue weighted by molar-refractivity contribution is -0.858. The fourth-order valence-electron chi connectivity index (χ4n) is 4.57. The average Bonchev–Trinajstić information content (AvgIpc) is 3.13. The Morgan fingerprint density at radius 2 is 1.73 bits per heavy atom. The van der Waals surface area contributed by atoms with Gasteiger partial charge in [0.2, 0.25) is 5.78 Å². The zero-order valence-electron chi connectivity index (χ0n) is 21.4. The van der Waals surface area contributed by atoms with Crippen LogP contribution in [0.5, 0.6) is 11.5 Å². The molecular formula is C30H32N2O5. The highest BCUT2D eigenvalue weighted by atomic mass is 16.5. The van der Waals surface area contributed by atoms with Gasteiger partial charge in [0.05, 0.1) is 26.7 Å². The Hall–Kier alpha value is -4.10. The summed E-state index contributed by atoms with van der Waals surface area (Å²) in [6, 6.07) is 20.4. The van der Waals surface area contributed by atoms with Crippen LogP contribution in [0.25, 0.3) is 5.76 Å². The van der Waals surface area contributed by atoms with Gasteiger partial charge in [-0.2, -0.15) is 0 Å². The predicted molar refractivity (Wildman–Crippen MR) is 139 cm³/mol. The lowest BCUT2D eigenvalue weighted by Crippen LogP contribution is -3.05. The van der Waals surface area contributed by atoms with Gasteiger partial charge in [-0.1, -0.05) is 54.3 Å². The SMILES string of the molecule is Cc1cc(OCc2ccccc2)ccc1/C([O-])=C1\C(=O)C(=O)N(CCC[NH+](C)C)C1c1ccc(O)cc1. The van der Waals surface area contributed by atoms with Crippen LogP contribution in [0, 0.1) is 6.92 Å². The molecule has 1 heterocycles. The number of rotatable bonds is 9. The summed E-state index contributed by atoms with van der Waals surface area (Å²) in [5, 5.41) is 23.5. The smallest absolute Gasteiger partial charge is 0.295 e. The van der Waals surface area contributed by atoms with Crippen molar-refractivity contribution in [1.82, 2.24) is 4.90 Å². The zero-order valence-corrected chi connectivity index (χ0v) is 21.4. The van der Waals surface area contributed by atoms with Gasteiger partial charge in [0.15, 0.2) is 0 Å². The number of carbonyl (C=O) groups is 2. The van der Waals surface area contributed by atoms with Crippen molar-refractivity contribution >= 4 is 17.4 Å². The number of ether oxygens (including phenoxy) is 1. The Morgan fingerprint density at radius 1 is 1.03 bits per heavy atom. The van der Waals surface area contributed by atoms with Crippen molar-refractivity contribution in [3.05, 3.63) is 101 Å². The predicted octanol–water partition coefficient (Wildman–Crippen LogP) is 2.04. The second-order valence-electron chi connectivity index (χ2n) is 9.63. The third kappa shape index (κ3) is 5.84. The fraction of sp³-hybridized carbons (Fsp3) is 0.267. The summed E-state index contributed by atoms with van der Waals surface area (Å²) in [6.45, 7) is 3.35. The van der Waals surface area contributed by atoms with Crippen molar-refractivity contribution in [3.8, 4) is 11.5 Å². The van der Waals surface area contributed by atoms with Crippen LogP contribution < -0.4 is 14.7 Å². The second-order valence-corrected chi connectivity index (χ2v) is 9.63. The van der Waals surface area contributed by atoms with Crippen LogP contribution in [0.15, 0.2) is 78.4 Å². The minimum Gasteiger partial charge on any atom is -0.872 e. The number of benzene rings is 3. The van der Waals surface area contributed by atoms with Gasteiger partial charge < -0.3 is 24.7 Å². The highest BCUT2D eigenvalue weighted by molar-refractivity contribution is 6.46. The number of quaternary nitrogens is 1. The molecule has 1 fully saturated rings. The van der Waals surface area contributed by atoms with E-state index in [1.165, 1.54) is 21.9 Å². The van der Waals surface area contributed by atoms with E-state index in [4.69, 9.17) is 4.74 Å². The summed E-state index contributed by atoms with van der Waals surface area (Å²) in [6.07, 6.45) is 0.684. The molecule has 0 radical (unpaired) electrons. The molecule has 3 aromatic carbocycles. The van der Waals surface area contributed by atoms with Crippen molar-refractivity contribution in [2.75, 3.05) is 27.2 Å². The molecular weight excluding hydrogens is 468 g/mol. The van der Waals surface area contributed by atoms with E-state index in [9.17, 15) is 19.8 Å². The Labute approximate surface area is 217 Å². The summed E-state index contributed by atoms with van der Waals surface area (Å²) < 4.78 is 5.88. The Morgan fingerprint density at radius 3 is 2.38 bits per heavy atom. The number of nitrogens with zero attached hydrogens (tertiary/aromatic N) is 1. The third-order valence-corrected chi connectivity index (χ3v) is 6.50. The van der Waals surface area contributed by atoms with Crippen LogP contribution in [0.4, 0.5) is 0 Å². The van der Waals surface area contributed by atoms with Gasteiger partial charge in [-0.15, -0.1) is 0 Å². The number of hydrogen-bond acceptors (Lipinski definition) is 5. The molecule has 1 amide bonds. The quantitative estimate of drug-likeness (QED) is 0.266. The van der Waals surface area contributed by atoms with Crippen molar-refractivity contribution in [2.24, 2.45) is 0 Å². The van der Waals surface area contributed by atoms with E-state index < -0.39 is 23.5 Å². The molecule has 0 bridgehead atoms. The summed E-state index contributed by atoms with van der Waals surface area (Å²) in [4.78, 5) is 29.0. The van der Waals surface area contributed by atoms with Gasteiger partial charge in [-0.05, 0) is 53.4 Å². The zero-order chi connectivity index (χ0) is 26.5. The van der Waals surface area contributed by atoms with E-state index in [0.717, 1.165) is 12.1 Å². The number of Topliss-reactive ketones (excluding diaryl/α,β-unsaturated/α-hetero) is 1. The van der Waals surface area contributed by atoms with Crippen LogP contribution in [-0.4, -0.2) is 48.9 Å². The fourth-order valence-corrected chi connectivity index (χ4v) is 4.57. The van der Waals surface area contributed by atoms with E-state index >= 15 is 0 Å². The molecule has 0 aliphatic carbocycles. The van der Waals surface area contributed by atoms with Gasteiger partial charge >= 0.3 is 0 Å². The minimum absolute atomic E-state index is 0.0612. The van der Waals surface area contributed by atoms with Gasteiger partial charge in [0.25, 0.3) is 5.91 Å². The van der Waals surface area contributed by atoms with Crippen LogP contribution in [-0.2, 0) is 16.2 Å². The number of phenols is 1. The van der Waals surface area contributed by atoms with E-state index in [2.05, 4.69) is 0 Å². The lowest BCUT2D eigenvalue weighted by Gasteiger charge is -2.28. The topological polar surface area (TPSA) is 94.3 Å². The molecule has 37 heavy (non-hydrogen) atoms. The average molecular weight is 501 g/mol. The summed E-state index contributed by atoms with van der Waals surface area (Å²) in [7, 11) is 4.04. The summed E-state index contributed by atoms with van der Waals surface area (Å²) in [5.74, 6) is -1.24. The number of nitrogens with one attached hydrogen (secondary N) is 1. The number of aryl methyl sites for hydroxylation is 1. The van der Waals surface area contributed by atoms with Crippen molar-refractivity contribution in [1.29, 1.82) is 0 Å². The standard InChI is InChI=1S/C30H32N2O5/c1-20-18-24(37-19-21-8-5-4-6-9-21)14-15-25(20)28(34)26-27(22-10-12-23(33)13-11-22)32(30(36)29(26)35)17-7-16-31(2)3/h4-6,8-15,18,27,33-34H,7,16-17,19H2,1-3H3/b28-26+. The summed E-state index contributed by atoms with van der Waals surface area (Å²) >= 11 is 0. The molecule has 7 heteroatoms. The molecule has 1 aliphatic rings. The van der Waals surface area contributed by atoms with Crippen molar-refractivity contribution in [3.63, 3.8) is 0 Å². The van der Waals surface area contributed by atoms with Crippen LogP contribution in [0.3, 0.4) is 0 Å². The molecule has 3 aromatic rings. The number of carbonyl (C=O) groups excluding carboxylic acids is 2. The van der Waals surface area contributed by atoms with Crippen LogP contribution in [0.2, 0.25) is 0 Å². The molecule has 2 N–H and O–H groups in total. The molecule has 1 atom stereocenters. The number of aromatic hydroxyl groups is 1. The first kappa shape index (κ1) is 26.0.